The molecule has 0 unspecified atom stereocenters. The fourth-order valence-electron chi connectivity index (χ4n) is 3.71. The van der Waals surface area contributed by atoms with Gasteiger partial charge in [-0.15, -0.1) is 0 Å². The van der Waals surface area contributed by atoms with Gasteiger partial charge in [-0.1, -0.05) is 23.7 Å². The van der Waals surface area contributed by atoms with Crippen molar-refractivity contribution in [1.29, 1.82) is 0 Å². The standard InChI is InChI=1S/C21H20ClN5O3/c1-25(2)18-7-6-14(11-19(18)27(29)30)21(28)26-9-8-17-16(12-26)20(24-23-17)13-4-3-5-15(22)10-13/h3-7,10-11H,8-9,12H2,1-2H3,(H,23,24). The molecule has 4 rings (SSSR count). The predicted molar refractivity (Wildman–Crippen MR) is 115 cm³/mol. The molecule has 2 heterocycles. The van der Waals surface area contributed by atoms with Crippen LogP contribution in [0, 0.1) is 10.1 Å². The van der Waals surface area contributed by atoms with Crippen molar-refractivity contribution in [3.8, 4) is 11.3 Å². The summed E-state index contributed by atoms with van der Waals surface area (Å²) in [6, 6.07) is 12.0. The van der Waals surface area contributed by atoms with Gasteiger partial charge in [-0.05, 0) is 24.3 Å². The summed E-state index contributed by atoms with van der Waals surface area (Å²) in [5.74, 6) is -0.243. The number of fused-ring (bicyclic) bond motifs is 1. The molecule has 8 nitrogen and oxygen atoms in total. The zero-order valence-corrected chi connectivity index (χ0v) is 17.3. The number of nitrogens with one attached hydrogen (secondary N) is 1. The fourth-order valence-corrected chi connectivity index (χ4v) is 3.90. The van der Waals surface area contributed by atoms with E-state index in [1.54, 1.807) is 42.1 Å². The number of benzene rings is 2. The van der Waals surface area contributed by atoms with Crippen molar-refractivity contribution < 1.29 is 9.72 Å². The molecule has 1 aliphatic rings. The van der Waals surface area contributed by atoms with Gasteiger partial charge in [0.2, 0.25) is 0 Å². The van der Waals surface area contributed by atoms with Crippen molar-refractivity contribution in [2.24, 2.45) is 0 Å². The Balaban J connectivity index is 1.64. The Bertz CT molecular complexity index is 1140. The molecule has 2 aromatic carbocycles. The largest absolute Gasteiger partial charge is 0.372 e. The first kappa shape index (κ1) is 19.9. The molecule has 0 saturated carbocycles. The molecule has 0 spiro atoms. The number of nitro benzene ring substituents is 1. The highest BCUT2D eigenvalue weighted by atomic mass is 35.5. The number of nitrogens with zero attached hydrogens (tertiary/aromatic N) is 4. The molecule has 3 aromatic rings. The molecule has 0 atom stereocenters. The van der Waals surface area contributed by atoms with Crippen LogP contribution in [-0.2, 0) is 13.0 Å². The molecular weight excluding hydrogens is 406 g/mol. The van der Waals surface area contributed by atoms with Gasteiger partial charge in [0, 0.05) is 67.1 Å². The monoisotopic (exact) mass is 425 g/mol. The molecule has 1 aromatic heterocycles. The summed E-state index contributed by atoms with van der Waals surface area (Å²) in [4.78, 5) is 27.5. The van der Waals surface area contributed by atoms with E-state index in [0.717, 1.165) is 22.5 Å². The maximum Gasteiger partial charge on any atom is 0.293 e. The zero-order valence-electron chi connectivity index (χ0n) is 16.6. The van der Waals surface area contributed by atoms with Gasteiger partial charge in [0.25, 0.3) is 11.6 Å². The van der Waals surface area contributed by atoms with E-state index in [9.17, 15) is 14.9 Å². The molecule has 30 heavy (non-hydrogen) atoms. The maximum absolute atomic E-state index is 13.1. The number of hydrogen-bond donors (Lipinski definition) is 1. The summed E-state index contributed by atoms with van der Waals surface area (Å²) in [5, 5.41) is 19.6. The van der Waals surface area contributed by atoms with E-state index in [0.29, 0.717) is 35.8 Å². The number of hydrogen-bond acceptors (Lipinski definition) is 5. The minimum Gasteiger partial charge on any atom is -0.372 e. The molecule has 0 bridgehead atoms. The third-order valence-corrected chi connectivity index (χ3v) is 5.45. The molecule has 9 heteroatoms. The summed E-state index contributed by atoms with van der Waals surface area (Å²) in [6.07, 6.45) is 0.631. The van der Waals surface area contributed by atoms with E-state index >= 15 is 0 Å². The Morgan fingerprint density at radius 3 is 2.77 bits per heavy atom. The highest BCUT2D eigenvalue weighted by Crippen LogP contribution is 2.32. The summed E-state index contributed by atoms with van der Waals surface area (Å²) < 4.78 is 0. The number of aromatic amines is 1. The number of amides is 1. The third-order valence-electron chi connectivity index (χ3n) is 5.22. The van der Waals surface area contributed by atoms with E-state index in [1.165, 1.54) is 6.07 Å². The zero-order chi connectivity index (χ0) is 21.4. The van der Waals surface area contributed by atoms with E-state index in [1.807, 2.05) is 18.2 Å². The molecule has 154 valence electrons. The van der Waals surface area contributed by atoms with Gasteiger partial charge < -0.3 is 9.80 Å². The minimum absolute atomic E-state index is 0.0912. The van der Waals surface area contributed by atoms with Crippen molar-refractivity contribution in [3.05, 3.63) is 74.4 Å². The van der Waals surface area contributed by atoms with Crippen LogP contribution in [-0.4, -0.2) is 46.6 Å². The van der Waals surface area contributed by atoms with Crippen LogP contribution in [0.5, 0.6) is 0 Å². The first-order valence-electron chi connectivity index (χ1n) is 9.42. The van der Waals surface area contributed by atoms with Crippen LogP contribution in [0.15, 0.2) is 42.5 Å². The summed E-state index contributed by atoms with van der Waals surface area (Å²) in [5.41, 5.74) is 4.23. The van der Waals surface area contributed by atoms with E-state index in [2.05, 4.69) is 10.2 Å². The lowest BCUT2D eigenvalue weighted by atomic mass is 10.00. The van der Waals surface area contributed by atoms with Crippen molar-refractivity contribution >= 4 is 28.9 Å². The third kappa shape index (κ3) is 3.61. The summed E-state index contributed by atoms with van der Waals surface area (Å²) >= 11 is 6.12. The lowest BCUT2D eigenvalue weighted by Gasteiger charge is -2.27. The lowest BCUT2D eigenvalue weighted by molar-refractivity contribution is -0.384. The second-order valence-corrected chi connectivity index (χ2v) is 7.81. The number of carbonyl (C=O) groups is 1. The molecule has 1 N–H and O–H groups in total. The SMILES string of the molecule is CN(C)c1ccc(C(=O)N2CCc3[nH]nc(-c4cccc(Cl)c4)c3C2)cc1[N+](=O)[O-]. The van der Waals surface area contributed by atoms with Gasteiger partial charge in [0.05, 0.1) is 10.6 Å². The first-order valence-corrected chi connectivity index (χ1v) is 9.80. The van der Waals surface area contributed by atoms with Crippen LogP contribution >= 0.6 is 11.6 Å². The second-order valence-electron chi connectivity index (χ2n) is 7.37. The summed E-state index contributed by atoms with van der Waals surface area (Å²) in [7, 11) is 3.46. The fraction of sp³-hybridized carbons (Fsp3) is 0.238. The van der Waals surface area contributed by atoms with Crippen LogP contribution in [0.3, 0.4) is 0 Å². The molecule has 1 amide bonds. The van der Waals surface area contributed by atoms with Crippen LogP contribution in [0.2, 0.25) is 5.02 Å². The van der Waals surface area contributed by atoms with Crippen molar-refractivity contribution in [2.45, 2.75) is 13.0 Å². The van der Waals surface area contributed by atoms with Crippen LogP contribution in [0.25, 0.3) is 11.3 Å². The Hall–Kier alpha value is -3.39. The normalized spacial score (nSPS) is 13.1. The Labute approximate surface area is 178 Å². The Morgan fingerprint density at radius 1 is 1.27 bits per heavy atom. The number of rotatable bonds is 4. The maximum atomic E-state index is 13.1. The van der Waals surface area contributed by atoms with E-state index < -0.39 is 4.92 Å². The minimum atomic E-state index is -0.465. The first-order chi connectivity index (χ1) is 14.3. The topological polar surface area (TPSA) is 95.4 Å². The summed E-state index contributed by atoms with van der Waals surface area (Å²) in [6.45, 7) is 0.877. The molecule has 0 radical (unpaired) electrons. The Morgan fingerprint density at radius 2 is 2.07 bits per heavy atom. The van der Waals surface area contributed by atoms with Crippen LogP contribution in [0.4, 0.5) is 11.4 Å². The number of anilines is 1. The van der Waals surface area contributed by atoms with Gasteiger partial charge in [0.15, 0.2) is 0 Å². The van der Waals surface area contributed by atoms with Crippen molar-refractivity contribution in [3.63, 3.8) is 0 Å². The number of carbonyl (C=O) groups excluding carboxylic acids is 1. The molecule has 0 fully saturated rings. The lowest BCUT2D eigenvalue weighted by Crippen LogP contribution is -2.36. The van der Waals surface area contributed by atoms with Gasteiger partial charge in [-0.25, -0.2) is 0 Å². The van der Waals surface area contributed by atoms with Crippen LogP contribution < -0.4 is 4.90 Å². The average Bonchev–Trinajstić information content (AvgIpc) is 3.16. The highest BCUT2D eigenvalue weighted by Gasteiger charge is 2.28. The number of aromatic nitrogens is 2. The molecular formula is C21H20ClN5O3. The van der Waals surface area contributed by atoms with Crippen molar-refractivity contribution in [2.75, 3.05) is 25.5 Å². The number of H-pyrrole nitrogens is 1. The second kappa shape index (κ2) is 7.79. The van der Waals surface area contributed by atoms with Gasteiger partial charge in [-0.2, -0.15) is 5.10 Å². The van der Waals surface area contributed by atoms with Gasteiger partial charge in [-0.3, -0.25) is 20.0 Å². The van der Waals surface area contributed by atoms with E-state index in [-0.39, 0.29) is 11.6 Å². The average molecular weight is 426 g/mol. The van der Waals surface area contributed by atoms with Gasteiger partial charge in [0.1, 0.15) is 5.69 Å². The van der Waals surface area contributed by atoms with Crippen molar-refractivity contribution in [1.82, 2.24) is 15.1 Å². The number of halogens is 1. The van der Waals surface area contributed by atoms with Gasteiger partial charge >= 0.3 is 0 Å². The molecule has 1 aliphatic heterocycles. The van der Waals surface area contributed by atoms with E-state index in [4.69, 9.17) is 11.6 Å². The smallest absolute Gasteiger partial charge is 0.293 e. The predicted octanol–water partition coefficient (Wildman–Crippen LogP) is 3.90. The number of nitro groups is 1. The quantitative estimate of drug-likeness (QED) is 0.505. The van der Waals surface area contributed by atoms with Crippen LogP contribution in [0.1, 0.15) is 21.6 Å². The molecule has 0 aliphatic carbocycles. The molecule has 0 saturated heterocycles. The Kier molecular flexibility index (Phi) is 5.17. The highest BCUT2D eigenvalue weighted by molar-refractivity contribution is 6.30.